The van der Waals surface area contributed by atoms with Crippen molar-refractivity contribution in [2.24, 2.45) is 5.41 Å². The van der Waals surface area contributed by atoms with E-state index in [9.17, 15) is 4.79 Å². The van der Waals surface area contributed by atoms with Crippen molar-refractivity contribution >= 4 is 11.6 Å². The molecule has 142 valence electrons. The monoisotopic (exact) mass is 369 g/mol. The van der Waals surface area contributed by atoms with E-state index in [1.54, 1.807) is 19.2 Å². The topological polar surface area (TPSA) is 64.1 Å². The summed E-state index contributed by atoms with van der Waals surface area (Å²) in [6.07, 6.45) is 0. The van der Waals surface area contributed by atoms with Gasteiger partial charge in [-0.2, -0.15) is 4.98 Å². The van der Waals surface area contributed by atoms with Crippen LogP contribution in [-0.2, 0) is 0 Å². The number of nitrogens with zero attached hydrogens (tertiary/aromatic N) is 3. The standard InChI is InChI=1S/C20H23N3O4/c1-25-15-6-4-14(5-7-15)22-10-20(11-22)12-23(13-20)19(24)16-8-9-17(26-2)21-18(16)27-3/h4-9H,10-13H2,1-3H3. The summed E-state index contributed by atoms with van der Waals surface area (Å²) in [5.74, 6) is 1.54. The zero-order valence-electron chi connectivity index (χ0n) is 15.8. The van der Waals surface area contributed by atoms with Crippen molar-refractivity contribution in [2.45, 2.75) is 0 Å². The maximum Gasteiger partial charge on any atom is 0.259 e. The first kappa shape index (κ1) is 17.5. The molecule has 27 heavy (non-hydrogen) atoms. The molecule has 7 nitrogen and oxygen atoms in total. The van der Waals surface area contributed by atoms with Crippen LogP contribution >= 0.6 is 0 Å². The SMILES string of the molecule is COc1ccc(N2CC3(CN(C(=O)c4ccc(OC)nc4OC)C3)C2)cc1. The first-order valence-corrected chi connectivity index (χ1v) is 8.85. The lowest BCUT2D eigenvalue weighted by Crippen LogP contribution is -2.73. The van der Waals surface area contributed by atoms with Crippen LogP contribution in [0.2, 0.25) is 0 Å². The van der Waals surface area contributed by atoms with Crippen molar-refractivity contribution in [2.75, 3.05) is 52.4 Å². The Morgan fingerprint density at radius 3 is 2.22 bits per heavy atom. The third-order valence-electron chi connectivity index (χ3n) is 5.30. The molecule has 2 saturated heterocycles. The van der Waals surface area contributed by atoms with Gasteiger partial charge in [-0.25, -0.2) is 0 Å². The Bertz CT molecular complexity index is 839. The molecule has 2 aliphatic rings. The zero-order valence-corrected chi connectivity index (χ0v) is 15.8. The summed E-state index contributed by atoms with van der Waals surface area (Å²) in [6, 6.07) is 11.5. The van der Waals surface area contributed by atoms with Crippen LogP contribution in [-0.4, -0.2) is 63.3 Å². The number of carbonyl (C=O) groups is 1. The molecule has 7 heteroatoms. The number of anilines is 1. The summed E-state index contributed by atoms with van der Waals surface area (Å²) in [5.41, 5.74) is 1.86. The van der Waals surface area contributed by atoms with Crippen molar-refractivity contribution in [3.05, 3.63) is 42.0 Å². The maximum atomic E-state index is 12.8. The van der Waals surface area contributed by atoms with E-state index in [0.29, 0.717) is 17.3 Å². The first-order valence-electron chi connectivity index (χ1n) is 8.85. The zero-order chi connectivity index (χ0) is 19.0. The summed E-state index contributed by atoms with van der Waals surface area (Å²) in [7, 11) is 4.71. The second kappa shape index (κ2) is 6.64. The van der Waals surface area contributed by atoms with Crippen LogP contribution in [0.5, 0.6) is 17.5 Å². The molecule has 1 aromatic carbocycles. The average Bonchev–Trinajstić information content (AvgIpc) is 2.65. The molecule has 0 atom stereocenters. The number of hydrogen-bond acceptors (Lipinski definition) is 6. The lowest BCUT2D eigenvalue weighted by molar-refractivity contribution is -0.0107. The minimum absolute atomic E-state index is 0.0458. The van der Waals surface area contributed by atoms with Gasteiger partial charge in [-0.1, -0.05) is 0 Å². The van der Waals surface area contributed by atoms with Gasteiger partial charge in [-0.05, 0) is 30.3 Å². The highest BCUT2D eigenvalue weighted by atomic mass is 16.5. The molecule has 0 aliphatic carbocycles. The van der Waals surface area contributed by atoms with Crippen LogP contribution in [0.15, 0.2) is 36.4 Å². The first-order chi connectivity index (χ1) is 13.1. The molecule has 2 aliphatic heterocycles. The third kappa shape index (κ3) is 3.03. The summed E-state index contributed by atoms with van der Waals surface area (Å²) in [4.78, 5) is 21.2. The number of carbonyl (C=O) groups excluding carboxylic acids is 1. The molecule has 1 aromatic heterocycles. The van der Waals surface area contributed by atoms with Gasteiger partial charge in [-0.3, -0.25) is 4.79 Å². The van der Waals surface area contributed by atoms with Crippen LogP contribution in [0.1, 0.15) is 10.4 Å². The van der Waals surface area contributed by atoms with E-state index in [1.807, 2.05) is 17.0 Å². The summed E-state index contributed by atoms with van der Waals surface area (Å²) in [6.45, 7) is 3.43. The highest BCUT2D eigenvalue weighted by molar-refractivity contribution is 5.97. The quantitative estimate of drug-likeness (QED) is 0.804. The number of hydrogen-bond donors (Lipinski definition) is 0. The largest absolute Gasteiger partial charge is 0.497 e. The summed E-state index contributed by atoms with van der Waals surface area (Å²) in [5, 5.41) is 0. The molecule has 0 saturated carbocycles. The van der Waals surface area contributed by atoms with Crippen molar-refractivity contribution in [1.29, 1.82) is 0 Å². The molecule has 0 bridgehead atoms. The van der Waals surface area contributed by atoms with Gasteiger partial charge in [0.1, 0.15) is 11.3 Å². The Balaban J connectivity index is 1.36. The van der Waals surface area contributed by atoms with E-state index in [2.05, 4.69) is 22.0 Å². The fourth-order valence-corrected chi connectivity index (χ4v) is 3.87. The Kier molecular flexibility index (Phi) is 4.30. The number of rotatable bonds is 5. The second-order valence-corrected chi connectivity index (χ2v) is 7.13. The van der Waals surface area contributed by atoms with Gasteiger partial charge in [0.2, 0.25) is 11.8 Å². The van der Waals surface area contributed by atoms with Crippen molar-refractivity contribution in [3.8, 4) is 17.5 Å². The molecule has 4 rings (SSSR count). The average molecular weight is 369 g/mol. The Hall–Kier alpha value is -2.96. The van der Waals surface area contributed by atoms with Crippen LogP contribution < -0.4 is 19.1 Å². The van der Waals surface area contributed by atoms with Crippen LogP contribution in [0.4, 0.5) is 5.69 Å². The highest BCUT2D eigenvalue weighted by Gasteiger charge is 2.53. The van der Waals surface area contributed by atoms with E-state index >= 15 is 0 Å². The number of likely N-dealkylation sites (tertiary alicyclic amines) is 1. The normalized spacial score (nSPS) is 17.1. The molecule has 1 amide bonds. The molecule has 0 radical (unpaired) electrons. The fraction of sp³-hybridized carbons (Fsp3) is 0.400. The summed E-state index contributed by atoms with van der Waals surface area (Å²) < 4.78 is 15.6. The molecule has 2 aromatic rings. The fourth-order valence-electron chi connectivity index (χ4n) is 3.87. The minimum Gasteiger partial charge on any atom is -0.497 e. The second-order valence-electron chi connectivity index (χ2n) is 7.13. The Morgan fingerprint density at radius 1 is 0.926 bits per heavy atom. The van der Waals surface area contributed by atoms with E-state index in [0.717, 1.165) is 31.9 Å². The van der Waals surface area contributed by atoms with E-state index in [-0.39, 0.29) is 11.3 Å². The minimum atomic E-state index is -0.0458. The number of pyridine rings is 1. The third-order valence-corrected chi connectivity index (χ3v) is 5.30. The molecule has 2 fully saturated rings. The van der Waals surface area contributed by atoms with Gasteiger partial charge in [0.15, 0.2) is 0 Å². The number of ether oxygens (including phenoxy) is 3. The number of benzene rings is 1. The summed E-state index contributed by atoms with van der Waals surface area (Å²) >= 11 is 0. The molecular formula is C20H23N3O4. The van der Waals surface area contributed by atoms with Gasteiger partial charge >= 0.3 is 0 Å². The lowest BCUT2D eigenvalue weighted by Gasteiger charge is -2.60. The number of amides is 1. The van der Waals surface area contributed by atoms with Crippen LogP contribution in [0.3, 0.4) is 0 Å². The van der Waals surface area contributed by atoms with Crippen molar-refractivity contribution < 1.29 is 19.0 Å². The van der Waals surface area contributed by atoms with Crippen LogP contribution in [0.25, 0.3) is 0 Å². The number of methoxy groups -OCH3 is 3. The predicted octanol–water partition coefficient (Wildman–Crippen LogP) is 2.07. The van der Waals surface area contributed by atoms with E-state index < -0.39 is 0 Å². The molecule has 0 unspecified atom stereocenters. The van der Waals surface area contributed by atoms with Gasteiger partial charge in [-0.15, -0.1) is 0 Å². The maximum absolute atomic E-state index is 12.8. The van der Waals surface area contributed by atoms with Gasteiger partial charge in [0, 0.05) is 43.3 Å². The Morgan fingerprint density at radius 2 is 1.63 bits per heavy atom. The van der Waals surface area contributed by atoms with Gasteiger partial charge in [0.25, 0.3) is 5.91 Å². The van der Waals surface area contributed by atoms with Crippen molar-refractivity contribution in [3.63, 3.8) is 0 Å². The van der Waals surface area contributed by atoms with Gasteiger partial charge < -0.3 is 24.0 Å². The lowest BCUT2D eigenvalue weighted by atomic mass is 9.72. The molecular weight excluding hydrogens is 346 g/mol. The smallest absolute Gasteiger partial charge is 0.259 e. The van der Waals surface area contributed by atoms with E-state index in [4.69, 9.17) is 14.2 Å². The molecule has 1 spiro atoms. The molecule has 3 heterocycles. The van der Waals surface area contributed by atoms with Crippen molar-refractivity contribution in [1.82, 2.24) is 9.88 Å². The van der Waals surface area contributed by atoms with Gasteiger partial charge in [0.05, 0.1) is 21.3 Å². The number of aromatic nitrogens is 1. The van der Waals surface area contributed by atoms with E-state index in [1.165, 1.54) is 19.9 Å². The van der Waals surface area contributed by atoms with Crippen LogP contribution in [0, 0.1) is 5.41 Å². The predicted molar refractivity (Wildman–Crippen MR) is 101 cm³/mol. The highest BCUT2D eigenvalue weighted by Crippen LogP contribution is 2.43. The molecule has 0 N–H and O–H groups in total. The Labute approximate surface area is 158 Å².